The number of aliphatic carboxylic acids is 3. The fourth-order valence-electron chi connectivity index (χ4n) is 4.00. The van der Waals surface area contributed by atoms with Gasteiger partial charge in [0, 0.05) is 19.9 Å². The van der Waals surface area contributed by atoms with E-state index in [2.05, 4.69) is 21.3 Å². The van der Waals surface area contributed by atoms with Gasteiger partial charge in [0.15, 0.2) is 0 Å². The van der Waals surface area contributed by atoms with Crippen LogP contribution >= 0.6 is 0 Å². The van der Waals surface area contributed by atoms with Crippen LogP contribution in [-0.2, 0) is 33.6 Å². The van der Waals surface area contributed by atoms with Crippen LogP contribution in [0.2, 0.25) is 0 Å². The first-order valence-electron chi connectivity index (χ1n) is 12.3. The van der Waals surface area contributed by atoms with Crippen LogP contribution in [0, 0.1) is 0 Å². The van der Waals surface area contributed by atoms with Gasteiger partial charge in [0.2, 0.25) is 23.6 Å². The highest BCUT2D eigenvalue weighted by Crippen LogP contribution is 2.19. The van der Waals surface area contributed by atoms with Crippen molar-refractivity contribution in [2.45, 2.75) is 89.5 Å². The van der Waals surface area contributed by atoms with E-state index in [1.807, 2.05) is 0 Å². The van der Waals surface area contributed by atoms with Crippen molar-refractivity contribution >= 4 is 41.5 Å². The van der Waals surface area contributed by atoms with Crippen LogP contribution in [0.5, 0.6) is 0 Å². The smallest absolute Gasteiger partial charge is 0.326 e. The van der Waals surface area contributed by atoms with Crippen LogP contribution in [0.4, 0.5) is 0 Å². The van der Waals surface area contributed by atoms with Gasteiger partial charge in [-0.15, -0.1) is 0 Å². The molecule has 0 spiro atoms. The Bertz CT molecular complexity index is 901. The number of carbonyl (C=O) groups is 7. The van der Waals surface area contributed by atoms with E-state index in [1.165, 1.54) is 13.8 Å². The van der Waals surface area contributed by atoms with Crippen molar-refractivity contribution in [3.8, 4) is 0 Å². The van der Waals surface area contributed by atoms with Crippen molar-refractivity contribution in [1.29, 1.82) is 0 Å². The van der Waals surface area contributed by atoms with E-state index in [-0.39, 0.29) is 31.3 Å². The molecule has 0 aliphatic carbocycles. The summed E-state index contributed by atoms with van der Waals surface area (Å²) in [6.07, 6.45) is 1.64. The summed E-state index contributed by atoms with van der Waals surface area (Å²) in [6, 6.07) is -4.65. The van der Waals surface area contributed by atoms with Crippen molar-refractivity contribution in [2.24, 2.45) is 0 Å². The topological polar surface area (TPSA) is 232 Å². The van der Waals surface area contributed by atoms with Crippen molar-refractivity contribution in [3.63, 3.8) is 0 Å². The summed E-state index contributed by atoms with van der Waals surface area (Å²) in [4.78, 5) is 82.7. The minimum Gasteiger partial charge on any atom is -0.481 e. The molecule has 38 heavy (non-hydrogen) atoms. The van der Waals surface area contributed by atoms with Gasteiger partial charge in [-0.3, -0.25) is 28.8 Å². The monoisotopic (exact) mass is 543 g/mol. The van der Waals surface area contributed by atoms with Gasteiger partial charge in [-0.05, 0) is 52.5 Å². The van der Waals surface area contributed by atoms with E-state index in [4.69, 9.17) is 15.0 Å². The van der Waals surface area contributed by atoms with Crippen LogP contribution in [0.15, 0.2) is 0 Å². The third-order valence-electron chi connectivity index (χ3n) is 5.96. The summed E-state index contributed by atoms with van der Waals surface area (Å²) >= 11 is 0. The van der Waals surface area contributed by atoms with E-state index in [9.17, 15) is 33.9 Å². The molecule has 2 rings (SSSR count). The molecule has 7 N–H and O–H groups in total. The number of hydrogen-bond acceptors (Lipinski definition) is 8. The van der Waals surface area contributed by atoms with E-state index >= 15 is 0 Å². The predicted octanol–water partition coefficient (Wildman–Crippen LogP) is -1.74. The zero-order chi connectivity index (χ0) is 29.0. The second-order valence-corrected chi connectivity index (χ2v) is 9.15. The Balaban J connectivity index is 0.00000168. The minimum atomic E-state index is -1.26. The lowest BCUT2D eigenvalue weighted by molar-refractivity contribution is -0.150. The summed E-state index contributed by atoms with van der Waals surface area (Å²) in [5.74, 6) is -5.51. The van der Waals surface area contributed by atoms with E-state index in [0.717, 1.165) is 24.8 Å². The molecule has 2 heterocycles. The maximum atomic E-state index is 12.9. The average Bonchev–Trinajstić information content (AvgIpc) is 3.53. The summed E-state index contributed by atoms with van der Waals surface area (Å²) in [5.41, 5.74) is 0. The number of nitrogens with zero attached hydrogens (tertiary/aromatic N) is 1. The largest absolute Gasteiger partial charge is 0.481 e. The third kappa shape index (κ3) is 10.7. The third-order valence-corrected chi connectivity index (χ3v) is 5.96. The molecule has 0 unspecified atom stereocenters. The molecule has 2 fully saturated rings. The summed E-state index contributed by atoms with van der Waals surface area (Å²) in [6.45, 7) is 4.86. The zero-order valence-electron chi connectivity index (χ0n) is 21.7. The van der Waals surface area contributed by atoms with Gasteiger partial charge in [0.1, 0.15) is 24.2 Å². The Kier molecular flexibility index (Phi) is 13.2. The van der Waals surface area contributed by atoms with Crippen LogP contribution < -0.4 is 21.3 Å². The zero-order valence-corrected chi connectivity index (χ0v) is 21.7. The molecule has 2 aliphatic rings. The lowest BCUT2D eigenvalue weighted by Gasteiger charge is -2.28. The quantitative estimate of drug-likeness (QED) is 0.155. The number of hydrogen-bond donors (Lipinski definition) is 7. The standard InChI is InChI=1S/C21H33N5O8.C2H4O2/c1-11(24-19(31)13-5-3-9-22-13)17(29)23-12(2)18(30)25-14(7-8-16(27)28)20(32)26-10-4-6-15(26)21(33)34;1-2(3)4/h11-15,22H,3-10H2,1-2H3,(H,23,29)(H,24,31)(H,25,30)(H,27,28)(H,33,34);1H3,(H,3,4)/t11-,12-,13-,14-,15-;/m0./s1. The normalized spacial score (nSPS) is 20.7. The Morgan fingerprint density at radius 1 is 0.895 bits per heavy atom. The first-order valence-corrected chi connectivity index (χ1v) is 12.3. The van der Waals surface area contributed by atoms with Gasteiger partial charge in [-0.2, -0.15) is 0 Å². The van der Waals surface area contributed by atoms with Crippen LogP contribution in [0.3, 0.4) is 0 Å². The molecule has 0 saturated carbocycles. The molecule has 0 aromatic rings. The Hall–Kier alpha value is -3.75. The Morgan fingerprint density at radius 3 is 2.00 bits per heavy atom. The first kappa shape index (κ1) is 32.3. The van der Waals surface area contributed by atoms with Crippen molar-refractivity contribution in [1.82, 2.24) is 26.2 Å². The van der Waals surface area contributed by atoms with Gasteiger partial charge < -0.3 is 41.5 Å². The molecule has 0 radical (unpaired) electrons. The molecule has 2 aliphatic heterocycles. The molecular weight excluding hydrogens is 506 g/mol. The molecular formula is C23H37N5O10. The summed E-state index contributed by atoms with van der Waals surface area (Å²) < 4.78 is 0. The first-order chi connectivity index (χ1) is 17.7. The molecule has 0 aromatic carbocycles. The maximum Gasteiger partial charge on any atom is 0.326 e. The van der Waals surface area contributed by atoms with Crippen LogP contribution in [0.25, 0.3) is 0 Å². The fourth-order valence-corrected chi connectivity index (χ4v) is 4.00. The highest BCUT2D eigenvalue weighted by atomic mass is 16.4. The van der Waals surface area contributed by atoms with Gasteiger partial charge in [-0.25, -0.2) is 4.79 Å². The van der Waals surface area contributed by atoms with E-state index < -0.39 is 66.2 Å². The lowest BCUT2D eigenvalue weighted by Crippen LogP contribution is -2.57. The Morgan fingerprint density at radius 2 is 1.47 bits per heavy atom. The number of carboxylic acids is 3. The summed E-state index contributed by atoms with van der Waals surface area (Å²) in [5, 5.41) is 36.2. The average molecular weight is 544 g/mol. The number of nitrogens with one attached hydrogen (secondary N) is 4. The molecule has 4 amide bonds. The molecule has 2 saturated heterocycles. The molecule has 15 heteroatoms. The number of carbonyl (C=O) groups excluding carboxylic acids is 4. The Labute approximate surface area is 219 Å². The highest BCUT2D eigenvalue weighted by Gasteiger charge is 2.38. The second kappa shape index (κ2) is 15.5. The molecule has 0 aromatic heterocycles. The van der Waals surface area contributed by atoms with Crippen molar-refractivity contribution in [2.75, 3.05) is 13.1 Å². The number of likely N-dealkylation sites (tertiary alicyclic amines) is 1. The number of carboxylic acid groups (broad SMARTS) is 3. The van der Waals surface area contributed by atoms with Crippen molar-refractivity contribution in [3.05, 3.63) is 0 Å². The van der Waals surface area contributed by atoms with Gasteiger partial charge in [0.05, 0.1) is 6.04 Å². The number of amides is 4. The SMILES string of the molecule is CC(=O)O.C[C@H](NC(=O)[C@H](C)NC(=O)[C@@H]1CCCN1)C(=O)N[C@@H](CCC(=O)O)C(=O)N1CCC[C@H]1C(=O)O. The van der Waals surface area contributed by atoms with Gasteiger partial charge in [0.25, 0.3) is 5.97 Å². The minimum absolute atomic E-state index is 0.189. The van der Waals surface area contributed by atoms with E-state index in [1.54, 1.807) is 0 Å². The molecule has 0 bridgehead atoms. The second-order valence-electron chi connectivity index (χ2n) is 9.15. The molecule has 214 valence electrons. The van der Waals surface area contributed by atoms with Crippen molar-refractivity contribution < 1.29 is 48.9 Å². The highest BCUT2D eigenvalue weighted by molar-refractivity contribution is 5.95. The number of rotatable bonds is 11. The maximum absolute atomic E-state index is 12.9. The molecule has 15 nitrogen and oxygen atoms in total. The van der Waals surface area contributed by atoms with Gasteiger partial charge >= 0.3 is 11.9 Å². The predicted molar refractivity (Wildman–Crippen MR) is 131 cm³/mol. The van der Waals surface area contributed by atoms with Crippen LogP contribution in [-0.4, -0.2) is 105 Å². The van der Waals surface area contributed by atoms with E-state index in [0.29, 0.717) is 12.8 Å². The summed E-state index contributed by atoms with van der Waals surface area (Å²) in [7, 11) is 0. The van der Waals surface area contributed by atoms with Crippen LogP contribution in [0.1, 0.15) is 59.3 Å². The van der Waals surface area contributed by atoms with Gasteiger partial charge in [-0.1, -0.05) is 0 Å². The molecule has 5 atom stereocenters. The fraction of sp³-hybridized carbons (Fsp3) is 0.696. The lowest BCUT2D eigenvalue weighted by atomic mass is 10.1.